The number of halogens is 4. The van der Waals surface area contributed by atoms with Crippen LogP contribution >= 0.6 is 0 Å². The van der Waals surface area contributed by atoms with Crippen LogP contribution in [-0.2, 0) is 28.8 Å². The van der Waals surface area contributed by atoms with Crippen molar-refractivity contribution in [3.63, 3.8) is 0 Å². The summed E-state index contributed by atoms with van der Waals surface area (Å²) in [7, 11) is 1.42. The Morgan fingerprint density at radius 3 is 2.43 bits per heavy atom. The summed E-state index contributed by atoms with van der Waals surface area (Å²) in [5.41, 5.74) is 4.32. The number of nitrogens with two attached hydrogens (primary N) is 1. The van der Waals surface area contributed by atoms with E-state index in [-0.39, 0.29) is 65.1 Å². The predicted molar refractivity (Wildman–Crippen MR) is 162 cm³/mol. The number of primary amides is 1. The summed E-state index contributed by atoms with van der Waals surface area (Å²) in [5, 5.41) is 19.7. The minimum absolute atomic E-state index is 0.0990. The summed E-state index contributed by atoms with van der Waals surface area (Å²) in [6.45, 7) is 1.57. The van der Waals surface area contributed by atoms with Crippen molar-refractivity contribution in [2.24, 2.45) is 11.7 Å². The molecule has 0 saturated heterocycles. The molecule has 4 N–H and O–H groups in total. The number of nitrogens with zero attached hydrogens (tertiary/aromatic N) is 3. The first-order chi connectivity index (χ1) is 22.3. The molecule has 0 radical (unpaired) electrons. The maximum atomic E-state index is 14.7. The van der Waals surface area contributed by atoms with Crippen molar-refractivity contribution in [3.05, 3.63) is 71.0 Å². The van der Waals surface area contributed by atoms with E-state index in [2.05, 4.69) is 15.4 Å². The number of ether oxygens (including phenoxy) is 2. The molecule has 14 heteroatoms. The topological polar surface area (TPSA) is 142 Å². The van der Waals surface area contributed by atoms with Gasteiger partial charge in [0.25, 0.3) is 5.91 Å². The van der Waals surface area contributed by atoms with Crippen LogP contribution in [0, 0.1) is 5.92 Å². The average Bonchev–Trinajstić information content (AvgIpc) is 3.97. The zero-order chi connectivity index (χ0) is 33.7. The number of methoxy groups -OCH3 is 1. The highest BCUT2D eigenvalue weighted by atomic mass is 19.4. The summed E-state index contributed by atoms with van der Waals surface area (Å²) in [6.07, 6.45) is -1.40. The fraction of sp³-hybridized carbons (Fsp3) is 0.394. The smallest absolute Gasteiger partial charge is 0.416 e. The number of aromatic nitrogens is 3. The maximum absolute atomic E-state index is 14.7. The van der Waals surface area contributed by atoms with E-state index in [0.29, 0.717) is 36.6 Å². The lowest BCUT2D eigenvalue weighted by Gasteiger charge is -2.30. The van der Waals surface area contributed by atoms with E-state index in [4.69, 9.17) is 15.2 Å². The Labute approximate surface area is 266 Å². The number of carbonyl (C=O) groups is 2. The zero-order valence-corrected chi connectivity index (χ0v) is 25.7. The van der Waals surface area contributed by atoms with Crippen molar-refractivity contribution in [1.82, 2.24) is 20.1 Å². The first-order valence-corrected chi connectivity index (χ1v) is 15.2. The predicted octanol–water partition coefficient (Wildman–Crippen LogP) is 5.00. The molecule has 4 aromatic rings. The fourth-order valence-electron chi connectivity index (χ4n) is 5.69. The fourth-order valence-corrected chi connectivity index (χ4v) is 5.69. The zero-order valence-electron chi connectivity index (χ0n) is 25.7. The highest BCUT2D eigenvalue weighted by Crippen LogP contribution is 2.47. The van der Waals surface area contributed by atoms with Crippen LogP contribution in [0.4, 0.5) is 17.6 Å². The van der Waals surface area contributed by atoms with E-state index in [1.54, 1.807) is 13.0 Å². The van der Waals surface area contributed by atoms with Gasteiger partial charge in [-0.25, -0.2) is 14.1 Å². The molecular formula is C33H33F4N5O5. The second kappa shape index (κ2) is 11.8. The van der Waals surface area contributed by atoms with Crippen LogP contribution in [0.5, 0.6) is 11.5 Å². The SMILES string of the molecule is CCOc1c(CC(N)=O)cc([C@@](O)(CNC(=O)c2cc(OC)c3nn(C4(F)CC4)cc3c2)C2CC2)nc1-c1ccc(C(F)(F)F)cc1. The van der Waals surface area contributed by atoms with Gasteiger partial charge in [-0.2, -0.15) is 18.3 Å². The largest absolute Gasteiger partial charge is 0.494 e. The van der Waals surface area contributed by atoms with Gasteiger partial charge >= 0.3 is 6.18 Å². The monoisotopic (exact) mass is 655 g/mol. The van der Waals surface area contributed by atoms with Crippen LogP contribution in [0.25, 0.3) is 22.2 Å². The average molecular weight is 656 g/mol. The molecule has 1 atom stereocenters. The Morgan fingerprint density at radius 2 is 1.85 bits per heavy atom. The number of nitrogens with one attached hydrogen (secondary N) is 1. The van der Waals surface area contributed by atoms with Crippen LogP contribution in [0.1, 0.15) is 59.8 Å². The third-order valence-corrected chi connectivity index (χ3v) is 8.53. The van der Waals surface area contributed by atoms with Crippen molar-refractivity contribution in [3.8, 4) is 22.8 Å². The Bertz CT molecular complexity index is 1850. The van der Waals surface area contributed by atoms with Gasteiger partial charge in [-0.3, -0.25) is 9.59 Å². The molecule has 0 unspecified atom stereocenters. The quantitative estimate of drug-likeness (QED) is 0.183. The number of benzene rings is 2. The Morgan fingerprint density at radius 1 is 1.15 bits per heavy atom. The van der Waals surface area contributed by atoms with E-state index >= 15 is 0 Å². The minimum Gasteiger partial charge on any atom is -0.494 e. The van der Waals surface area contributed by atoms with E-state index in [1.165, 1.54) is 42.3 Å². The second-order valence-corrected chi connectivity index (χ2v) is 12.0. The number of fused-ring (bicyclic) bond motifs is 1. The molecule has 2 amide bonds. The van der Waals surface area contributed by atoms with Crippen LogP contribution in [0.2, 0.25) is 0 Å². The van der Waals surface area contributed by atoms with Crippen LogP contribution in [0.15, 0.2) is 48.7 Å². The third-order valence-electron chi connectivity index (χ3n) is 8.53. The Kier molecular flexibility index (Phi) is 8.10. The lowest BCUT2D eigenvalue weighted by molar-refractivity contribution is -0.137. The van der Waals surface area contributed by atoms with Crippen molar-refractivity contribution < 1.29 is 41.7 Å². The van der Waals surface area contributed by atoms with E-state index in [9.17, 15) is 32.3 Å². The highest BCUT2D eigenvalue weighted by Gasteiger charge is 2.48. The molecule has 10 nitrogen and oxygen atoms in total. The Balaban J connectivity index is 1.36. The molecule has 2 aliphatic carbocycles. The molecule has 0 bridgehead atoms. The number of rotatable bonds is 12. The Hall–Kier alpha value is -4.72. The van der Waals surface area contributed by atoms with Gasteiger partial charge in [0.2, 0.25) is 11.7 Å². The number of carbonyl (C=O) groups excluding carboxylic acids is 2. The van der Waals surface area contributed by atoms with Gasteiger partial charge in [0.15, 0.2) is 0 Å². The van der Waals surface area contributed by atoms with Gasteiger partial charge in [0, 0.05) is 41.1 Å². The first kappa shape index (κ1) is 32.2. The van der Waals surface area contributed by atoms with Gasteiger partial charge < -0.3 is 25.6 Å². The second-order valence-electron chi connectivity index (χ2n) is 12.0. The number of hydrogen-bond acceptors (Lipinski definition) is 7. The summed E-state index contributed by atoms with van der Waals surface area (Å²) >= 11 is 0. The highest BCUT2D eigenvalue weighted by molar-refractivity contribution is 6.00. The van der Waals surface area contributed by atoms with E-state index in [0.717, 1.165) is 12.1 Å². The third kappa shape index (κ3) is 6.33. The molecule has 0 spiro atoms. The van der Waals surface area contributed by atoms with Gasteiger partial charge in [-0.15, -0.1) is 0 Å². The maximum Gasteiger partial charge on any atom is 0.416 e. The van der Waals surface area contributed by atoms with Gasteiger partial charge in [-0.05, 0) is 56.0 Å². The normalized spacial score (nSPS) is 16.8. The number of hydrogen-bond donors (Lipinski definition) is 3. The number of alkyl halides is 4. The molecule has 2 fully saturated rings. The molecule has 2 saturated carbocycles. The standard InChI is InChI=1S/C33H33F4N5O5/c1-3-47-29-19(15-26(38)43)14-25(40-28(29)18-4-6-23(7-5-18)33(35,36)37)32(45,22-8-9-22)17-39-30(44)20-12-21-16-42(31(34)10-11-31)41-27(21)24(13-20)46-2/h4-7,12-14,16,22,45H,3,8-11,15,17H2,1-2H3,(H2,38,43)(H,39,44)/t32-/m1/s1. The summed E-state index contributed by atoms with van der Waals surface area (Å²) in [6, 6.07) is 8.82. The lowest BCUT2D eigenvalue weighted by Crippen LogP contribution is -2.43. The lowest BCUT2D eigenvalue weighted by atomic mass is 9.90. The molecule has 2 heterocycles. The summed E-state index contributed by atoms with van der Waals surface area (Å²) in [5.74, 6) is -2.69. The number of amides is 2. The molecule has 248 valence electrons. The van der Waals surface area contributed by atoms with E-state index < -0.39 is 34.9 Å². The van der Waals surface area contributed by atoms with Crippen molar-refractivity contribution in [2.75, 3.05) is 20.3 Å². The van der Waals surface area contributed by atoms with Gasteiger partial charge in [0.05, 0.1) is 37.9 Å². The van der Waals surface area contributed by atoms with Crippen molar-refractivity contribution in [2.45, 2.75) is 56.6 Å². The number of aliphatic hydroxyl groups is 1. The summed E-state index contributed by atoms with van der Waals surface area (Å²) < 4.78 is 67.1. The minimum atomic E-state index is -4.56. The molecule has 2 aromatic carbocycles. The molecule has 0 aliphatic heterocycles. The van der Waals surface area contributed by atoms with Crippen LogP contribution in [0.3, 0.4) is 0 Å². The molecular weight excluding hydrogens is 622 g/mol. The van der Waals surface area contributed by atoms with Crippen molar-refractivity contribution >= 4 is 22.7 Å². The molecule has 47 heavy (non-hydrogen) atoms. The first-order valence-electron chi connectivity index (χ1n) is 15.2. The van der Waals surface area contributed by atoms with Crippen LogP contribution in [-0.4, -0.2) is 51.9 Å². The van der Waals surface area contributed by atoms with Crippen LogP contribution < -0.4 is 20.5 Å². The van der Waals surface area contributed by atoms with Gasteiger partial charge in [0.1, 0.15) is 28.3 Å². The van der Waals surface area contributed by atoms with Crippen molar-refractivity contribution in [1.29, 1.82) is 0 Å². The molecule has 2 aliphatic rings. The summed E-state index contributed by atoms with van der Waals surface area (Å²) in [4.78, 5) is 30.2. The number of pyridine rings is 1. The molecule has 6 rings (SSSR count). The van der Waals surface area contributed by atoms with Gasteiger partial charge in [-0.1, -0.05) is 12.1 Å². The molecule has 2 aromatic heterocycles. The van der Waals surface area contributed by atoms with E-state index in [1.807, 2.05) is 0 Å².